The topological polar surface area (TPSA) is 8.81 Å². The van der Waals surface area contributed by atoms with Gasteiger partial charge in [0.2, 0.25) is 0 Å². The van der Waals surface area contributed by atoms with Crippen LogP contribution in [0.1, 0.15) is 174 Å². The quantitative estimate of drug-likeness (QED) is 0.107. The highest BCUT2D eigenvalue weighted by molar-refractivity contribution is 4.86. The molecule has 0 spiro atoms. The second-order valence-electron chi connectivity index (χ2n) is 10.9. The molecule has 2 nitrogen and oxygen atoms in total. The van der Waals surface area contributed by atoms with Crippen molar-refractivity contribution >= 4 is 0 Å². The van der Waals surface area contributed by atoms with E-state index in [4.69, 9.17) is 0 Å². The lowest BCUT2D eigenvalue weighted by molar-refractivity contribution is -0.704. The first kappa shape index (κ1) is 30.2. The molecule has 0 radical (unpaired) electrons. The molecule has 0 fully saturated rings. The molecule has 0 unspecified atom stereocenters. The summed E-state index contributed by atoms with van der Waals surface area (Å²) in [5, 5.41) is 0. The third-order valence-electron chi connectivity index (χ3n) is 7.35. The highest BCUT2D eigenvalue weighted by Gasteiger charge is 2.18. The van der Waals surface area contributed by atoms with Gasteiger partial charge in [-0.25, -0.2) is 9.13 Å². The van der Waals surface area contributed by atoms with Crippen molar-refractivity contribution in [3.8, 4) is 0 Å². The van der Waals surface area contributed by atoms with Gasteiger partial charge in [-0.1, -0.05) is 129 Å². The number of hydrogen-bond acceptors (Lipinski definition) is 0. The van der Waals surface area contributed by atoms with Crippen LogP contribution in [0.25, 0.3) is 0 Å². The molecular formula is C31H61N2+. The number of unbranched alkanes of at least 4 members (excludes halogenated alkanes) is 19. The number of imidazole rings is 1. The van der Waals surface area contributed by atoms with E-state index in [2.05, 4.69) is 49.2 Å². The number of hydrogen-bond donors (Lipinski definition) is 0. The van der Waals surface area contributed by atoms with Crippen molar-refractivity contribution in [2.75, 3.05) is 0 Å². The molecule has 0 amide bonds. The molecule has 0 bridgehead atoms. The zero-order valence-corrected chi connectivity index (χ0v) is 23.4. The van der Waals surface area contributed by atoms with Gasteiger partial charge < -0.3 is 0 Å². The van der Waals surface area contributed by atoms with E-state index in [0.29, 0.717) is 6.04 Å². The monoisotopic (exact) mass is 461 g/mol. The van der Waals surface area contributed by atoms with E-state index in [9.17, 15) is 0 Å². The second-order valence-corrected chi connectivity index (χ2v) is 10.9. The van der Waals surface area contributed by atoms with Crippen molar-refractivity contribution in [1.29, 1.82) is 0 Å². The third kappa shape index (κ3) is 15.7. The van der Waals surface area contributed by atoms with Gasteiger partial charge in [-0.3, -0.25) is 0 Å². The Kier molecular flexibility index (Phi) is 19.9. The van der Waals surface area contributed by atoms with Crippen LogP contribution in [0.3, 0.4) is 0 Å². The minimum atomic E-state index is 0.572. The minimum Gasteiger partial charge on any atom is -0.234 e. The van der Waals surface area contributed by atoms with Gasteiger partial charge in [0.25, 0.3) is 5.82 Å². The molecule has 1 aromatic heterocycles. The van der Waals surface area contributed by atoms with Gasteiger partial charge >= 0.3 is 0 Å². The Morgan fingerprint density at radius 2 is 0.970 bits per heavy atom. The predicted molar refractivity (Wildman–Crippen MR) is 147 cm³/mol. The number of rotatable bonds is 24. The Morgan fingerprint density at radius 1 is 0.576 bits per heavy atom. The highest BCUT2D eigenvalue weighted by atomic mass is 15.2. The third-order valence-corrected chi connectivity index (χ3v) is 7.35. The molecule has 0 aliphatic heterocycles. The molecule has 0 atom stereocenters. The van der Waals surface area contributed by atoms with Crippen molar-refractivity contribution < 1.29 is 4.57 Å². The lowest BCUT2D eigenvalue weighted by Crippen LogP contribution is -2.37. The fourth-order valence-corrected chi connectivity index (χ4v) is 5.14. The Labute approximate surface area is 208 Å². The lowest BCUT2D eigenvalue weighted by atomic mass is 10.0. The van der Waals surface area contributed by atoms with Crippen LogP contribution in [-0.4, -0.2) is 4.57 Å². The normalized spacial score (nSPS) is 11.7. The van der Waals surface area contributed by atoms with Crippen LogP contribution in [0.4, 0.5) is 0 Å². The molecule has 1 heterocycles. The van der Waals surface area contributed by atoms with Gasteiger partial charge in [-0.2, -0.15) is 0 Å². The largest absolute Gasteiger partial charge is 0.256 e. The SMILES string of the molecule is CCCCCCCCCCCCCCCCCC[n+]1ccn(C(C)C)c1CCCCCCC. The van der Waals surface area contributed by atoms with E-state index in [1.807, 2.05) is 0 Å². The van der Waals surface area contributed by atoms with E-state index < -0.39 is 0 Å². The Hall–Kier alpha value is -0.790. The maximum atomic E-state index is 2.56. The highest BCUT2D eigenvalue weighted by Crippen LogP contribution is 2.15. The predicted octanol–water partition coefficient (Wildman–Crippen LogP) is 10.1. The van der Waals surface area contributed by atoms with E-state index in [1.54, 1.807) is 5.82 Å². The fourth-order valence-electron chi connectivity index (χ4n) is 5.14. The molecule has 0 saturated carbocycles. The van der Waals surface area contributed by atoms with Crippen LogP contribution in [0.5, 0.6) is 0 Å². The molecule has 33 heavy (non-hydrogen) atoms. The molecule has 1 aromatic rings. The summed E-state index contributed by atoms with van der Waals surface area (Å²) in [7, 11) is 0. The Bertz CT molecular complexity index is 531. The summed E-state index contributed by atoms with van der Waals surface area (Å²) in [4.78, 5) is 0. The van der Waals surface area contributed by atoms with Crippen LogP contribution in [0.2, 0.25) is 0 Å². The van der Waals surface area contributed by atoms with Crippen LogP contribution in [0, 0.1) is 0 Å². The van der Waals surface area contributed by atoms with Gasteiger partial charge in [0.05, 0.1) is 12.6 Å². The summed E-state index contributed by atoms with van der Waals surface area (Å²) < 4.78 is 5.07. The first-order chi connectivity index (χ1) is 16.2. The van der Waals surface area contributed by atoms with Gasteiger partial charge in [-0.05, 0) is 33.1 Å². The molecule has 0 saturated heterocycles. The van der Waals surface area contributed by atoms with Crippen LogP contribution < -0.4 is 4.57 Å². The summed E-state index contributed by atoms with van der Waals surface area (Å²) in [5.74, 6) is 1.56. The van der Waals surface area contributed by atoms with Crippen LogP contribution >= 0.6 is 0 Å². The summed E-state index contributed by atoms with van der Waals surface area (Å²) >= 11 is 0. The number of aromatic nitrogens is 2. The maximum absolute atomic E-state index is 2.56. The molecule has 194 valence electrons. The first-order valence-corrected chi connectivity index (χ1v) is 15.3. The minimum absolute atomic E-state index is 0.572. The van der Waals surface area contributed by atoms with E-state index >= 15 is 0 Å². The van der Waals surface area contributed by atoms with E-state index in [-0.39, 0.29) is 0 Å². The summed E-state index contributed by atoms with van der Waals surface area (Å²) in [5.41, 5.74) is 0. The zero-order valence-electron chi connectivity index (χ0n) is 23.4. The summed E-state index contributed by atoms with van der Waals surface area (Å²) in [6.07, 6.45) is 35.9. The summed E-state index contributed by atoms with van der Waals surface area (Å²) in [6, 6.07) is 0.572. The van der Waals surface area contributed by atoms with Gasteiger partial charge in [0.1, 0.15) is 12.4 Å². The molecule has 0 aliphatic carbocycles. The van der Waals surface area contributed by atoms with Crippen molar-refractivity contribution in [3.05, 3.63) is 18.2 Å². The standard InChI is InChI=1S/C31H61N2/c1-5-7-9-11-12-13-14-15-16-17-18-19-20-21-23-25-27-32-28-29-33(30(3)4)31(32)26-24-22-10-8-6-2/h28-30H,5-27H2,1-4H3/q+1. The molecule has 1 rings (SSSR count). The first-order valence-electron chi connectivity index (χ1n) is 15.3. The van der Waals surface area contributed by atoms with Crippen molar-refractivity contribution in [1.82, 2.24) is 4.57 Å². The Morgan fingerprint density at radius 3 is 1.39 bits per heavy atom. The van der Waals surface area contributed by atoms with Crippen LogP contribution in [-0.2, 0) is 13.0 Å². The maximum Gasteiger partial charge on any atom is 0.256 e. The van der Waals surface area contributed by atoms with Crippen molar-refractivity contribution in [2.45, 2.75) is 182 Å². The zero-order chi connectivity index (χ0) is 24.0. The molecule has 0 aliphatic rings. The van der Waals surface area contributed by atoms with E-state index in [0.717, 1.165) is 0 Å². The number of nitrogens with zero attached hydrogens (tertiary/aromatic N) is 2. The average Bonchev–Trinajstić information content (AvgIpc) is 3.21. The fraction of sp³-hybridized carbons (Fsp3) is 0.903. The average molecular weight is 462 g/mol. The van der Waals surface area contributed by atoms with Gasteiger partial charge in [0.15, 0.2) is 0 Å². The second kappa shape index (κ2) is 21.7. The molecular weight excluding hydrogens is 400 g/mol. The van der Waals surface area contributed by atoms with E-state index in [1.165, 1.54) is 148 Å². The molecule has 2 heteroatoms. The molecule has 0 N–H and O–H groups in total. The van der Waals surface area contributed by atoms with Gasteiger partial charge in [0, 0.05) is 6.42 Å². The summed E-state index contributed by atoms with van der Waals surface area (Å²) in [6.45, 7) is 10.5. The van der Waals surface area contributed by atoms with Gasteiger partial charge in [-0.15, -0.1) is 0 Å². The van der Waals surface area contributed by atoms with Crippen molar-refractivity contribution in [2.24, 2.45) is 0 Å². The smallest absolute Gasteiger partial charge is 0.234 e. The lowest BCUT2D eigenvalue weighted by Gasteiger charge is -2.08. The van der Waals surface area contributed by atoms with Crippen LogP contribution in [0.15, 0.2) is 12.4 Å². The van der Waals surface area contributed by atoms with Crippen molar-refractivity contribution in [3.63, 3.8) is 0 Å². The number of aryl methyl sites for hydroxylation is 1. The Balaban J connectivity index is 2.03. The molecule has 0 aromatic carbocycles.